The highest BCUT2D eigenvalue weighted by molar-refractivity contribution is 5.64. The van der Waals surface area contributed by atoms with E-state index in [0.717, 1.165) is 25.1 Å². The number of aryl methyl sites for hydroxylation is 1. The molecule has 5 nitrogen and oxygen atoms in total. The zero-order valence-electron chi connectivity index (χ0n) is 16.1. The van der Waals surface area contributed by atoms with Crippen LogP contribution in [0.25, 0.3) is 0 Å². The van der Waals surface area contributed by atoms with Crippen LogP contribution in [0.4, 0.5) is 23.1 Å². The van der Waals surface area contributed by atoms with Crippen molar-refractivity contribution >= 4 is 23.1 Å². The molecule has 5 heteroatoms. The summed E-state index contributed by atoms with van der Waals surface area (Å²) in [7, 11) is 0. The van der Waals surface area contributed by atoms with Crippen LogP contribution in [-0.4, -0.2) is 21.7 Å². The lowest BCUT2D eigenvalue weighted by Crippen LogP contribution is -2.26. The molecule has 0 spiro atoms. The van der Waals surface area contributed by atoms with Crippen molar-refractivity contribution in [3.8, 4) is 0 Å². The van der Waals surface area contributed by atoms with Crippen molar-refractivity contribution < 1.29 is 0 Å². The molecule has 0 bridgehead atoms. The number of fused-ring (bicyclic) bond motifs is 1. The van der Waals surface area contributed by atoms with Gasteiger partial charge in [0.15, 0.2) is 5.82 Å². The van der Waals surface area contributed by atoms with Gasteiger partial charge in [0, 0.05) is 17.9 Å². The third kappa shape index (κ3) is 3.77. The highest BCUT2D eigenvalue weighted by Gasteiger charge is 2.20. The van der Waals surface area contributed by atoms with Gasteiger partial charge in [-0.05, 0) is 47.6 Å². The van der Waals surface area contributed by atoms with Gasteiger partial charge in [-0.1, -0.05) is 51.1 Å². The molecule has 0 radical (unpaired) electrons. The zero-order valence-corrected chi connectivity index (χ0v) is 16.1. The van der Waals surface area contributed by atoms with Gasteiger partial charge in [0.1, 0.15) is 0 Å². The van der Waals surface area contributed by atoms with E-state index >= 15 is 0 Å². The van der Waals surface area contributed by atoms with Crippen LogP contribution < -0.4 is 10.2 Å². The molecule has 0 aliphatic carbocycles. The van der Waals surface area contributed by atoms with Crippen LogP contribution in [0.15, 0.2) is 54.7 Å². The van der Waals surface area contributed by atoms with Crippen LogP contribution in [0.2, 0.25) is 0 Å². The number of hydrogen-bond acceptors (Lipinski definition) is 5. The Hall–Kier alpha value is -2.95. The Morgan fingerprint density at radius 3 is 2.56 bits per heavy atom. The molecule has 0 amide bonds. The average Bonchev–Trinajstić information content (AvgIpc) is 2.67. The summed E-state index contributed by atoms with van der Waals surface area (Å²) in [5.74, 6) is 1.34. The number of hydrogen-bond donors (Lipinski definition) is 1. The summed E-state index contributed by atoms with van der Waals surface area (Å²) in [6, 6.07) is 16.9. The van der Waals surface area contributed by atoms with E-state index in [1.165, 1.54) is 16.8 Å². The summed E-state index contributed by atoms with van der Waals surface area (Å²) in [6.45, 7) is 7.55. The van der Waals surface area contributed by atoms with Gasteiger partial charge in [0.2, 0.25) is 0 Å². The molecular formula is C22H25N5. The van der Waals surface area contributed by atoms with Gasteiger partial charge in [-0.2, -0.15) is 10.1 Å². The number of aromatic nitrogens is 3. The van der Waals surface area contributed by atoms with E-state index in [0.29, 0.717) is 11.8 Å². The maximum atomic E-state index is 4.70. The average molecular weight is 359 g/mol. The molecule has 0 unspecified atom stereocenters. The first-order valence-electron chi connectivity index (χ1n) is 9.43. The van der Waals surface area contributed by atoms with Gasteiger partial charge in [-0.15, -0.1) is 5.10 Å². The van der Waals surface area contributed by atoms with Gasteiger partial charge in [-0.25, -0.2) is 0 Å². The molecule has 0 atom stereocenters. The second-order valence-electron chi connectivity index (χ2n) is 7.98. The van der Waals surface area contributed by atoms with Crippen molar-refractivity contribution in [3.05, 3.63) is 65.9 Å². The van der Waals surface area contributed by atoms with Crippen molar-refractivity contribution in [2.45, 2.75) is 39.0 Å². The number of benzene rings is 2. The predicted molar refractivity (Wildman–Crippen MR) is 110 cm³/mol. The van der Waals surface area contributed by atoms with E-state index in [1.54, 1.807) is 6.20 Å². The minimum absolute atomic E-state index is 0.143. The predicted octanol–water partition coefficient (Wildman–Crippen LogP) is 5.00. The van der Waals surface area contributed by atoms with Crippen molar-refractivity contribution in [2.75, 3.05) is 16.8 Å². The van der Waals surface area contributed by atoms with Crippen LogP contribution in [0.5, 0.6) is 0 Å². The Bertz CT molecular complexity index is 928. The number of para-hydroxylation sites is 1. The summed E-state index contributed by atoms with van der Waals surface area (Å²) in [5, 5.41) is 11.8. The van der Waals surface area contributed by atoms with Gasteiger partial charge < -0.3 is 10.2 Å². The maximum absolute atomic E-state index is 4.70. The van der Waals surface area contributed by atoms with Crippen molar-refractivity contribution in [2.24, 2.45) is 0 Å². The first kappa shape index (κ1) is 17.5. The first-order valence-corrected chi connectivity index (χ1v) is 9.43. The minimum atomic E-state index is 0.143. The molecule has 1 aliphatic rings. The molecule has 138 valence electrons. The Balaban J connectivity index is 1.57. The van der Waals surface area contributed by atoms with Crippen LogP contribution in [0, 0.1) is 0 Å². The van der Waals surface area contributed by atoms with E-state index in [1.807, 2.05) is 0 Å². The topological polar surface area (TPSA) is 53.9 Å². The smallest absolute Gasteiger partial charge is 0.251 e. The molecule has 0 saturated heterocycles. The highest BCUT2D eigenvalue weighted by atomic mass is 15.3. The van der Waals surface area contributed by atoms with Crippen molar-refractivity contribution in [3.63, 3.8) is 0 Å². The van der Waals surface area contributed by atoms with Crippen LogP contribution in [-0.2, 0) is 11.8 Å². The van der Waals surface area contributed by atoms with Crippen LogP contribution >= 0.6 is 0 Å². The SMILES string of the molecule is CC(C)(C)c1ccc(Nc2cnnc(N3CCCc4ccccc43)n2)cc1. The molecule has 3 aromatic rings. The van der Waals surface area contributed by atoms with Crippen LogP contribution in [0.1, 0.15) is 38.3 Å². The maximum Gasteiger partial charge on any atom is 0.251 e. The Morgan fingerprint density at radius 2 is 1.78 bits per heavy atom. The van der Waals surface area contributed by atoms with E-state index in [-0.39, 0.29) is 5.41 Å². The summed E-state index contributed by atoms with van der Waals surface area (Å²) in [6.07, 6.45) is 3.85. The lowest BCUT2D eigenvalue weighted by atomic mass is 9.87. The fourth-order valence-corrected chi connectivity index (χ4v) is 3.41. The number of nitrogens with zero attached hydrogens (tertiary/aromatic N) is 4. The fourth-order valence-electron chi connectivity index (χ4n) is 3.41. The fraction of sp³-hybridized carbons (Fsp3) is 0.318. The second kappa shape index (κ2) is 6.99. The quantitative estimate of drug-likeness (QED) is 0.713. The largest absolute Gasteiger partial charge is 0.339 e. The van der Waals surface area contributed by atoms with E-state index in [2.05, 4.69) is 89.7 Å². The van der Waals surface area contributed by atoms with Gasteiger partial charge in [0.05, 0.1) is 6.20 Å². The standard InChI is InChI=1S/C22H25N5/c1-22(2,3)17-10-12-18(13-11-17)24-20-15-23-26-21(25-20)27-14-6-8-16-7-4-5-9-19(16)27/h4-5,7,9-13,15H,6,8,14H2,1-3H3,(H,24,25,26). The first-order chi connectivity index (χ1) is 13.0. The zero-order chi connectivity index (χ0) is 18.9. The Labute approximate surface area is 160 Å². The minimum Gasteiger partial charge on any atom is -0.339 e. The highest BCUT2D eigenvalue weighted by Crippen LogP contribution is 2.31. The monoisotopic (exact) mass is 359 g/mol. The second-order valence-corrected chi connectivity index (χ2v) is 7.98. The lowest BCUT2D eigenvalue weighted by Gasteiger charge is -2.29. The third-order valence-corrected chi connectivity index (χ3v) is 4.92. The van der Waals surface area contributed by atoms with Crippen LogP contribution in [0.3, 0.4) is 0 Å². The number of rotatable bonds is 3. The summed E-state index contributed by atoms with van der Waals surface area (Å²) < 4.78 is 0. The molecule has 4 rings (SSSR count). The van der Waals surface area contributed by atoms with E-state index < -0.39 is 0 Å². The molecule has 0 fully saturated rings. The molecule has 1 N–H and O–H groups in total. The summed E-state index contributed by atoms with van der Waals surface area (Å²) in [4.78, 5) is 6.86. The molecule has 0 saturated carbocycles. The summed E-state index contributed by atoms with van der Waals surface area (Å²) >= 11 is 0. The lowest BCUT2D eigenvalue weighted by molar-refractivity contribution is 0.590. The van der Waals surface area contributed by atoms with E-state index in [9.17, 15) is 0 Å². The van der Waals surface area contributed by atoms with Gasteiger partial charge in [-0.3, -0.25) is 0 Å². The van der Waals surface area contributed by atoms with E-state index in [4.69, 9.17) is 4.98 Å². The molecule has 1 aromatic heterocycles. The molecule has 1 aliphatic heterocycles. The van der Waals surface area contributed by atoms with Gasteiger partial charge >= 0.3 is 0 Å². The third-order valence-electron chi connectivity index (χ3n) is 4.92. The number of anilines is 4. The molecule has 2 heterocycles. The molecular weight excluding hydrogens is 334 g/mol. The molecule has 2 aromatic carbocycles. The number of nitrogens with one attached hydrogen (secondary N) is 1. The normalized spacial score (nSPS) is 14.0. The molecule has 27 heavy (non-hydrogen) atoms. The van der Waals surface area contributed by atoms with Gasteiger partial charge in [0.25, 0.3) is 5.95 Å². The Morgan fingerprint density at radius 1 is 1.00 bits per heavy atom. The Kier molecular flexibility index (Phi) is 4.52. The van der Waals surface area contributed by atoms with Crippen molar-refractivity contribution in [1.29, 1.82) is 0 Å². The summed E-state index contributed by atoms with van der Waals surface area (Å²) in [5.41, 5.74) is 4.96. The van der Waals surface area contributed by atoms with Crippen molar-refractivity contribution in [1.82, 2.24) is 15.2 Å².